The lowest BCUT2D eigenvalue weighted by molar-refractivity contribution is 0.313. The molecule has 1 aromatic rings. The van der Waals surface area contributed by atoms with E-state index in [4.69, 9.17) is 10.00 Å². The Balaban J connectivity index is 1.53. The molecule has 2 bridgehead atoms. The first kappa shape index (κ1) is 13.3. The van der Waals surface area contributed by atoms with Crippen LogP contribution in [0.5, 0.6) is 5.75 Å². The molecule has 0 heterocycles. The molecular weight excluding hydrogens is 248 g/mol. The van der Waals surface area contributed by atoms with Crippen molar-refractivity contribution < 1.29 is 4.74 Å². The number of benzene rings is 1. The topological polar surface area (TPSA) is 45.0 Å². The van der Waals surface area contributed by atoms with Gasteiger partial charge in [-0.3, -0.25) is 0 Å². The van der Waals surface area contributed by atoms with Gasteiger partial charge in [-0.2, -0.15) is 5.26 Å². The summed E-state index contributed by atoms with van der Waals surface area (Å²) >= 11 is 0. The number of anilines is 1. The van der Waals surface area contributed by atoms with Crippen LogP contribution in [0.2, 0.25) is 0 Å². The summed E-state index contributed by atoms with van der Waals surface area (Å²) in [5.41, 5.74) is 1.17. The Labute approximate surface area is 120 Å². The van der Waals surface area contributed by atoms with Crippen LogP contribution in [-0.4, -0.2) is 12.6 Å². The fourth-order valence-electron chi connectivity index (χ4n) is 3.65. The van der Waals surface area contributed by atoms with Crippen molar-refractivity contribution in [2.24, 2.45) is 11.8 Å². The lowest BCUT2D eigenvalue weighted by Gasteiger charge is -2.24. The van der Waals surface area contributed by atoms with Gasteiger partial charge in [-0.25, -0.2) is 0 Å². The molecule has 3 heteroatoms. The van der Waals surface area contributed by atoms with E-state index in [1.54, 1.807) is 0 Å². The second kappa shape index (κ2) is 6.17. The first-order valence-electron chi connectivity index (χ1n) is 7.71. The molecule has 0 aromatic heterocycles. The molecule has 0 amide bonds. The van der Waals surface area contributed by atoms with Crippen LogP contribution < -0.4 is 10.1 Å². The summed E-state index contributed by atoms with van der Waals surface area (Å²) in [7, 11) is 0. The van der Waals surface area contributed by atoms with E-state index in [0.29, 0.717) is 19.1 Å². The Morgan fingerprint density at radius 3 is 3.00 bits per heavy atom. The zero-order valence-corrected chi connectivity index (χ0v) is 11.8. The Morgan fingerprint density at radius 1 is 1.30 bits per heavy atom. The molecule has 0 spiro atoms. The smallest absolute Gasteiger partial charge is 0.121 e. The SMILES string of the molecule is N#CCCCOc1cccc(NC2CC3CCC2C3)c1. The Bertz CT molecular complexity index is 494. The third-order valence-corrected chi connectivity index (χ3v) is 4.63. The zero-order valence-electron chi connectivity index (χ0n) is 11.8. The predicted octanol–water partition coefficient (Wildman–Crippen LogP) is 3.97. The molecule has 106 valence electrons. The van der Waals surface area contributed by atoms with Crippen LogP contribution in [0.3, 0.4) is 0 Å². The summed E-state index contributed by atoms with van der Waals surface area (Å²) in [4.78, 5) is 0. The summed E-state index contributed by atoms with van der Waals surface area (Å²) in [6.07, 6.45) is 6.93. The first-order chi connectivity index (χ1) is 9.85. The van der Waals surface area contributed by atoms with Gasteiger partial charge in [0.25, 0.3) is 0 Å². The minimum atomic E-state index is 0.559. The summed E-state index contributed by atoms with van der Waals surface area (Å²) < 4.78 is 5.68. The van der Waals surface area contributed by atoms with E-state index in [1.807, 2.05) is 12.1 Å². The van der Waals surface area contributed by atoms with Crippen molar-refractivity contribution in [2.45, 2.75) is 44.6 Å². The van der Waals surface area contributed by atoms with Crippen molar-refractivity contribution in [3.8, 4) is 11.8 Å². The van der Waals surface area contributed by atoms with Crippen molar-refractivity contribution in [3.05, 3.63) is 24.3 Å². The molecule has 0 saturated heterocycles. The van der Waals surface area contributed by atoms with E-state index < -0.39 is 0 Å². The third-order valence-electron chi connectivity index (χ3n) is 4.63. The van der Waals surface area contributed by atoms with Crippen molar-refractivity contribution in [1.82, 2.24) is 0 Å². The van der Waals surface area contributed by atoms with Crippen LogP contribution in [0, 0.1) is 23.2 Å². The monoisotopic (exact) mass is 270 g/mol. The highest BCUT2D eigenvalue weighted by atomic mass is 16.5. The van der Waals surface area contributed by atoms with Crippen molar-refractivity contribution in [1.29, 1.82) is 5.26 Å². The zero-order chi connectivity index (χ0) is 13.8. The standard InChI is InChI=1S/C17H22N2O/c18-8-1-2-9-20-16-5-3-4-15(12-16)19-17-11-13-6-7-14(17)10-13/h3-5,12-14,17,19H,1-2,6-7,9-11H2. The van der Waals surface area contributed by atoms with Gasteiger partial charge in [0.2, 0.25) is 0 Å². The highest BCUT2D eigenvalue weighted by Gasteiger charge is 2.39. The van der Waals surface area contributed by atoms with Gasteiger partial charge >= 0.3 is 0 Å². The lowest BCUT2D eigenvalue weighted by atomic mass is 9.95. The summed E-state index contributed by atoms with van der Waals surface area (Å²) in [5, 5.41) is 12.2. The highest BCUT2D eigenvalue weighted by molar-refractivity contribution is 5.49. The van der Waals surface area contributed by atoms with E-state index in [1.165, 1.54) is 31.4 Å². The molecule has 3 rings (SSSR count). The second-order valence-electron chi connectivity index (χ2n) is 6.06. The fraction of sp³-hybridized carbons (Fsp3) is 0.588. The number of rotatable bonds is 6. The maximum Gasteiger partial charge on any atom is 0.121 e. The Kier molecular flexibility index (Phi) is 4.11. The van der Waals surface area contributed by atoms with E-state index in [0.717, 1.165) is 24.0 Å². The summed E-state index contributed by atoms with van der Waals surface area (Å²) in [6, 6.07) is 11.0. The van der Waals surface area contributed by atoms with Gasteiger partial charge in [0.15, 0.2) is 0 Å². The van der Waals surface area contributed by atoms with Gasteiger partial charge in [-0.15, -0.1) is 0 Å². The summed E-state index contributed by atoms with van der Waals surface area (Å²) in [5.74, 6) is 2.74. The van der Waals surface area contributed by atoms with E-state index in [-0.39, 0.29) is 0 Å². The summed E-state index contributed by atoms with van der Waals surface area (Å²) in [6.45, 7) is 0.616. The minimum absolute atomic E-state index is 0.559. The number of unbranched alkanes of at least 4 members (excludes halogenated alkanes) is 1. The van der Waals surface area contributed by atoms with Gasteiger partial charge in [0, 0.05) is 24.2 Å². The van der Waals surface area contributed by atoms with E-state index >= 15 is 0 Å². The number of hydrogen-bond donors (Lipinski definition) is 1. The molecule has 2 aliphatic rings. The van der Waals surface area contributed by atoms with Crippen molar-refractivity contribution in [3.63, 3.8) is 0 Å². The fourth-order valence-corrected chi connectivity index (χ4v) is 3.65. The van der Waals surface area contributed by atoms with Crippen LogP contribution in [-0.2, 0) is 0 Å². The molecule has 2 aliphatic carbocycles. The van der Waals surface area contributed by atoms with Crippen molar-refractivity contribution >= 4 is 5.69 Å². The average Bonchev–Trinajstić information content (AvgIpc) is 3.07. The normalized spacial score (nSPS) is 27.2. The van der Waals surface area contributed by atoms with Crippen molar-refractivity contribution in [2.75, 3.05) is 11.9 Å². The molecule has 2 fully saturated rings. The largest absolute Gasteiger partial charge is 0.493 e. The number of nitrogens with one attached hydrogen (secondary N) is 1. The molecule has 0 aliphatic heterocycles. The van der Waals surface area contributed by atoms with Crippen LogP contribution in [0.4, 0.5) is 5.69 Å². The number of hydrogen-bond acceptors (Lipinski definition) is 3. The minimum Gasteiger partial charge on any atom is -0.493 e. The molecule has 3 unspecified atom stereocenters. The van der Waals surface area contributed by atoms with Gasteiger partial charge in [0.05, 0.1) is 12.7 Å². The lowest BCUT2D eigenvalue weighted by Crippen LogP contribution is -2.25. The van der Waals surface area contributed by atoms with E-state index in [9.17, 15) is 0 Å². The average molecular weight is 270 g/mol. The second-order valence-corrected chi connectivity index (χ2v) is 6.06. The molecule has 3 atom stereocenters. The molecule has 0 radical (unpaired) electrons. The van der Waals surface area contributed by atoms with Gasteiger partial charge in [-0.05, 0) is 49.7 Å². The molecule has 20 heavy (non-hydrogen) atoms. The molecule has 3 nitrogen and oxygen atoms in total. The third kappa shape index (κ3) is 3.07. The number of nitriles is 1. The molecular formula is C17H22N2O. The highest BCUT2D eigenvalue weighted by Crippen LogP contribution is 2.45. The Hall–Kier alpha value is -1.69. The molecule has 2 saturated carbocycles. The molecule has 1 N–H and O–H groups in total. The van der Waals surface area contributed by atoms with E-state index in [2.05, 4.69) is 23.5 Å². The Morgan fingerprint density at radius 2 is 2.25 bits per heavy atom. The van der Waals surface area contributed by atoms with Crippen LogP contribution in [0.25, 0.3) is 0 Å². The number of fused-ring (bicyclic) bond motifs is 2. The van der Waals surface area contributed by atoms with Crippen LogP contribution in [0.1, 0.15) is 38.5 Å². The number of nitrogens with zero attached hydrogens (tertiary/aromatic N) is 1. The first-order valence-corrected chi connectivity index (χ1v) is 7.71. The molecule has 1 aromatic carbocycles. The number of ether oxygens (including phenoxy) is 1. The van der Waals surface area contributed by atoms with Gasteiger partial charge in [-0.1, -0.05) is 12.5 Å². The predicted molar refractivity (Wildman–Crippen MR) is 79.6 cm³/mol. The maximum atomic E-state index is 8.50. The van der Waals surface area contributed by atoms with Crippen LogP contribution >= 0.6 is 0 Å². The van der Waals surface area contributed by atoms with Crippen LogP contribution in [0.15, 0.2) is 24.3 Å². The van der Waals surface area contributed by atoms with Gasteiger partial charge < -0.3 is 10.1 Å². The van der Waals surface area contributed by atoms with Gasteiger partial charge in [0.1, 0.15) is 5.75 Å². The quantitative estimate of drug-likeness (QED) is 0.795. The maximum absolute atomic E-state index is 8.50.